The van der Waals surface area contributed by atoms with Crippen molar-refractivity contribution in [2.75, 3.05) is 30.3 Å². The Morgan fingerprint density at radius 2 is 2.19 bits per heavy atom. The van der Waals surface area contributed by atoms with E-state index in [0.29, 0.717) is 17.2 Å². The molecule has 0 amide bonds. The standard InChI is InChI=1S/C15H19N3O2S/c1-3-20-15(19)13-12(16)11-9(2)8-10(17-14(11)21-13)18-6-4-5-7-18/h8H,3-7,16H2,1-2H3. The number of carbonyl (C=O) groups excluding carboxylic acids is 1. The van der Waals surface area contributed by atoms with E-state index in [0.717, 1.165) is 34.7 Å². The number of thiophene rings is 1. The van der Waals surface area contributed by atoms with Crippen LogP contribution in [-0.4, -0.2) is 30.6 Å². The minimum Gasteiger partial charge on any atom is -0.462 e. The molecule has 2 N–H and O–H groups in total. The second-order valence-electron chi connectivity index (χ2n) is 5.24. The van der Waals surface area contributed by atoms with Crippen LogP contribution < -0.4 is 10.6 Å². The number of hydrogen-bond donors (Lipinski definition) is 1. The van der Waals surface area contributed by atoms with E-state index in [9.17, 15) is 4.79 Å². The molecule has 5 nitrogen and oxygen atoms in total. The molecule has 0 bridgehead atoms. The molecule has 0 aliphatic carbocycles. The molecule has 2 aromatic rings. The summed E-state index contributed by atoms with van der Waals surface area (Å²) in [7, 11) is 0. The Morgan fingerprint density at radius 1 is 1.48 bits per heavy atom. The highest BCUT2D eigenvalue weighted by Crippen LogP contribution is 2.37. The van der Waals surface area contributed by atoms with E-state index in [-0.39, 0.29) is 5.97 Å². The number of rotatable bonds is 3. The molecule has 1 fully saturated rings. The number of carbonyl (C=O) groups is 1. The van der Waals surface area contributed by atoms with Gasteiger partial charge < -0.3 is 15.4 Å². The third kappa shape index (κ3) is 2.44. The van der Waals surface area contributed by atoms with Crippen molar-refractivity contribution in [3.63, 3.8) is 0 Å². The topological polar surface area (TPSA) is 68.5 Å². The van der Waals surface area contributed by atoms with Crippen molar-refractivity contribution in [2.24, 2.45) is 0 Å². The van der Waals surface area contributed by atoms with E-state index in [1.54, 1.807) is 6.92 Å². The summed E-state index contributed by atoms with van der Waals surface area (Å²) in [6.07, 6.45) is 2.42. The first-order valence-corrected chi connectivity index (χ1v) is 8.05. The molecule has 0 radical (unpaired) electrons. The molecule has 112 valence electrons. The third-order valence-electron chi connectivity index (χ3n) is 3.77. The van der Waals surface area contributed by atoms with Crippen LogP contribution in [0.2, 0.25) is 0 Å². The number of nitrogens with zero attached hydrogens (tertiary/aromatic N) is 2. The highest BCUT2D eigenvalue weighted by molar-refractivity contribution is 7.21. The summed E-state index contributed by atoms with van der Waals surface area (Å²) in [6, 6.07) is 2.06. The molecular weight excluding hydrogens is 286 g/mol. The van der Waals surface area contributed by atoms with E-state index in [4.69, 9.17) is 15.5 Å². The van der Waals surface area contributed by atoms with Gasteiger partial charge in [0.2, 0.25) is 0 Å². The highest BCUT2D eigenvalue weighted by Gasteiger charge is 2.22. The molecule has 21 heavy (non-hydrogen) atoms. The zero-order valence-corrected chi connectivity index (χ0v) is 13.1. The highest BCUT2D eigenvalue weighted by atomic mass is 32.1. The first-order valence-electron chi connectivity index (χ1n) is 7.23. The summed E-state index contributed by atoms with van der Waals surface area (Å²) >= 11 is 1.32. The van der Waals surface area contributed by atoms with Crippen LogP contribution in [0.15, 0.2) is 6.07 Å². The van der Waals surface area contributed by atoms with Crippen LogP contribution in [0, 0.1) is 6.92 Å². The third-order valence-corrected chi connectivity index (χ3v) is 4.85. The second kappa shape index (κ2) is 5.52. The number of aromatic nitrogens is 1. The predicted octanol–water partition coefficient (Wildman–Crippen LogP) is 2.96. The number of pyridine rings is 1. The smallest absolute Gasteiger partial charge is 0.350 e. The summed E-state index contributed by atoms with van der Waals surface area (Å²) in [6.45, 7) is 6.24. The SMILES string of the molecule is CCOC(=O)c1sc2nc(N3CCCC3)cc(C)c2c1N. The van der Waals surface area contributed by atoms with Crippen molar-refractivity contribution in [1.82, 2.24) is 4.98 Å². The van der Waals surface area contributed by atoms with E-state index in [2.05, 4.69) is 11.0 Å². The Morgan fingerprint density at radius 3 is 2.86 bits per heavy atom. The van der Waals surface area contributed by atoms with Crippen LogP contribution in [-0.2, 0) is 4.74 Å². The zero-order valence-electron chi connectivity index (χ0n) is 12.3. The van der Waals surface area contributed by atoms with Crippen LogP contribution in [0.1, 0.15) is 35.0 Å². The van der Waals surface area contributed by atoms with Gasteiger partial charge in [-0.05, 0) is 38.3 Å². The lowest BCUT2D eigenvalue weighted by atomic mass is 10.1. The van der Waals surface area contributed by atoms with Gasteiger partial charge in [0.1, 0.15) is 15.5 Å². The van der Waals surface area contributed by atoms with Gasteiger partial charge >= 0.3 is 5.97 Å². The predicted molar refractivity (Wildman–Crippen MR) is 86.2 cm³/mol. The van der Waals surface area contributed by atoms with Crippen molar-refractivity contribution in [1.29, 1.82) is 0 Å². The Bertz CT molecular complexity index is 690. The van der Waals surface area contributed by atoms with Crippen molar-refractivity contribution in [2.45, 2.75) is 26.7 Å². The number of ether oxygens (including phenoxy) is 1. The van der Waals surface area contributed by atoms with Gasteiger partial charge in [0.05, 0.1) is 12.3 Å². The van der Waals surface area contributed by atoms with E-state index < -0.39 is 0 Å². The molecular formula is C15H19N3O2S. The molecule has 0 unspecified atom stereocenters. The van der Waals surface area contributed by atoms with Gasteiger partial charge in [-0.1, -0.05) is 0 Å². The van der Waals surface area contributed by atoms with Gasteiger partial charge in [0, 0.05) is 18.5 Å². The molecule has 1 saturated heterocycles. The second-order valence-corrected chi connectivity index (χ2v) is 6.24. The normalized spacial score (nSPS) is 14.9. The minimum atomic E-state index is -0.361. The lowest BCUT2D eigenvalue weighted by Gasteiger charge is -2.16. The number of anilines is 2. The first kappa shape index (κ1) is 14.1. The van der Waals surface area contributed by atoms with Crippen LogP contribution in [0.4, 0.5) is 11.5 Å². The average Bonchev–Trinajstić information content (AvgIpc) is 3.07. The minimum absolute atomic E-state index is 0.345. The number of esters is 1. The molecule has 6 heteroatoms. The monoisotopic (exact) mass is 305 g/mol. The maximum absolute atomic E-state index is 12.0. The fourth-order valence-electron chi connectivity index (χ4n) is 2.75. The van der Waals surface area contributed by atoms with E-state index in [1.807, 2.05) is 6.92 Å². The maximum atomic E-state index is 12.0. The van der Waals surface area contributed by atoms with Crippen molar-refractivity contribution in [3.05, 3.63) is 16.5 Å². The molecule has 3 heterocycles. The molecule has 0 aromatic carbocycles. The molecule has 0 spiro atoms. The van der Waals surface area contributed by atoms with Crippen LogP contribution >= 0.6 is 11.3 Å². The Hall–Kier alpha value is -1.82. The lowest BCUT2D eigenvalue weighted by Crippen LogP contribution is -2.18. The number of hydrogen-bond acceptors (Lipinski definition) is 6. The number of nitrogens with two attached hydrogens (primary N) is 1. The number of fused-ring (bicyclic) bond motifs is 1. The molecule has 3 rings (SSSR count). The Kier molecular flexibility index (Phi) is 3.71. The zero-order chi connectivity index (χ0) is 15.0. The van der Waals surface area contributed by atoms with Crippen molar-refractivity contribution in [3.8, 4) is 0 Å². The fourth-order valence-corrected chi connectivity index (χ4v) is 3.81. The van der Waals surface area contributed by atoms with Gasteiger partial charge in [-0.15, -0.1) is 11.3 Å². The number of nitrogen functional groups attached to an aromatic ring is 1. The van der Waals surface area contributed by atoms with Gasteiger partial charge in [0.15, 0.2) is 0 Å². The van der Waals surface area contributed by atoms with Crippen molar-refractivity contribution >= 4 is 39.0 Å². The van der Waals surface area contributed by atoms with Gasteiger partial charge in [-0.25, -0.2) is 9.78 Å². The largest absolute Gasteiger partial charge is 0.462 e. The Labute approximate surface area is 127 Å². The summed E-state index contributed by atoms with van der Waals surface area (Å²) < 4.78 is 5.06. The molecule has 1 aliphatic rings. The average molecular weight is 305 g/mol. The molecule has 2 aromatic heterocycles. The first-order chi connectivity index (χ1) is 10.1. The summed E-state index contributed by atoms with van der Waals surface area (Å²) in [5, 5.41) is 0.881. The molecule has 0 atom stereocenters. The van der Waals surface area contributed by atoms with E-state index >= 15 is 0 Å². The lowest BCUT2D eigenvalue weighted by molar-refractivity contribution is 0.0533. The van der Waals surface area contributed by atoms with Gasteiger partial charge in [-0.3, -0.25) is 0 Å². The number of aryl methyl sites for hydroxylation is 1. The van der Waals surface area contributed by atoms with Crippen LogP contribution in [0.5, 0.6) is 0 Å². The molecule has 0 saturated carbocycles. The maximum Gasteiger partial charge on any atom is 0.350 e. The van der Waals surface area contributed by atoms with Crippen LogP contribution in [0.25, 0.3) is 10.2 Å². The van der Waals surface area contributed by atoms with Gasteiger partial charge in [-0.2, -0.15) is 0 Å². The Balaban J connectivity index is 2.08. The quantitative estimate of drug-likeness (QED) is 0.883. The summed E-state index contributed by atoms with van der Waals surface area (Å²) in [5.74, 6) is 0.620. The summed E-state index contributed by atoms with van der Waals surface area (Å²) in [4.78, 5) is 20.2. The molecule has 1 aliphatic heterocycles. The van der Waals surface area contributed by atoms with Crippen LogP contribution in [0.3, 0.4) is 0 Å². The fraction of sp³-hybridized carbons (Fsp3) is 0.467. The van der Waals surface area contributed by atoms with E-state index in [1.165, 1.54) is 24.2 Å². The van der Waals surface area contributed by atoms with Crippen molar-refractivity contribution < 1.29 is 9.53 Å². The summed E-state index contributed by atoms with van der Waals surface area (Å²) in [5.41, 5.74) is 7.68. The van der Waals surface area contributed by atoms with Gasteiger partial charge in [0.25, 0.3) is 0 Å².